The summed E-state index contributed by atoms with van der Waals surface area (Å²) in [7, 11) is 0. The van der Waals surface area contributed by atoms with Crippen LogP contribution in [0.4, 0.5) is 0 Å². The van der Waals surface area contributed by atoms with Crippen LogP contribution in [0.15, 0.2) is 12.2 Å². The number of aliphatic hydroxyl groups excluding tert-OH is 1. The maximum atomic E-state index is 11.7. The molecule has 0 saturated heterocycles. The largest absolute Gasteiger partial charge is 0.394 e. The molecular formula is C11H21NO2. The molecule has 82 valence electrons. The first-order chi connectivity index (χ1) is 6.58. The van der Waals surface area contributed by atoms with Gasteiger partial charge in [0.1, 0.15) is 0 Å². The van der Waals surface area contributed by atoms with Crippen LogP contribution in [-0.4, -0.2) is 34.6 Å². The van der Waals surface area contributed by atoms with Crippen molar-refractivity contribution in [3.8, 4) is 0 Å². The highest BCUT2D eigenvalue weighted by Gasteiger charge is 2.22. The van der Waals surface area contributed by atoms with E-state index >= 15 is 0 Å². The summed E-state index contributed by atoms with van der Waals surface area (Å²) in [5.74, 6) is -0.0246. The lowest BCUT2D eigenvalue weighted by Crippen LogP contribution is -2.45. The molecule has 1 amide bonds. The molecule has 1 N–H and O–H groups in total. The molecule has 0 aromatic heterocycles. The molecule has 0 aliphatic heterocycles. The lowest BCUT2D eigenvalue weighted by Gasteiger charge is -2.32. The van der Waals surface area contributed by atoms with E-state index in [-0.39, 0.29) is 24.6 Å². The predicted octanol–water partition coefficient (Wildman–Crippen LogP) is 1.57. The number of carbonyl (C=O) groups excluding carboxylic acids is 1. The van der Waals surface area contributed by atoms with Crippen LogP contribution < -0.4 is 0 Å². The lowest BCUT2D eigenvalue weighted by atomic mass is 10.1. The lowest BCUT2D eigenvalue weighted by molar-refractivity contribution is -0.131. The zero-order valence-corrected chi connectivity index (χ0v) is 9.53. The number of rotatable bonds is 5. The van der Waals surface area contributed by atoms with E-state index in [4.69, 9.17) is 5.11 Å². The molecule has 0 aromatic carbocycles. The minimum Gasteiger partial charge on any atom is -0.394 e. The van der Waals surface area contributed by atoms with Gasteiger partial charge in [-0.3, -0.25) is 4.79 Å². The SMILES string of the molecule is C/C=C/C(=O)N(C(C)C)C(CC)CO. The van der Waals surface area contributed by atoms with Crippen LogP contribution in [0.2, 0.25) is 0 Å². The normalized spacial score (nSPS) is 13.6. The van der Waals surface area contributed by atoms with Gasteiger partial charge in [0, 0.05) is 6.04 Å². The fraction of sp³-hybridized carbons (Fsp3) is 0.727. The molecule has 0 aliphatic rings. The van der Waals surface area contributed by atoms with Gasteiger partial charge in [-0.25, -0.2) is 0 Å². The van der Waals surface area contributed by atoms with Crippen molar-refractivity contribution in [2.75, 3.05) is 6.61 Å². The zero-order chi connectivity index (χ0) is 11.1. The van der Waals surface area contributed by atoms with E-state index in [0.717, 1.165) is 6.42 Å². The number of carbonyl (C=O) groups is 1. The quantitative estimate of drug-likeness (QED) is 0.683. The van der Waals surface area contributed by atoms with Crippen LogP contribution in [0.1, 0.15) is 34.1 Å². The minimum absolute atomic E-state index is 0.0246. The number of hydrogen-bond donors (Lipinski definition) is 1. The van der Waals surface area contributed by atoms with Crippen molar-refractivity contribution in [3.05, 3.63) is 12.2 Å². The van der Waals surface area contributed by atoms with Crippen molar-refractivity contribution < 1.29 is 9.90 Å². The Balaban J connectivity index is 4.65. The Labute approximate surface area is 86.4 Å². The summed E-state index contributed by atoms with van der Waals surface area (Å²) in [5, 5.41) is 9.14. The molecule has 0 heterocycles. The average Bonchev–Trinajstić information content (AvgIpc) is 2.13. The second kappa shape index (κ2) is 6.60. The molecule has 1 unspecified atom stereocenters. The van der Waals surface area contributed by atoms with E-state index in [1.54, 1.807) is 17.1 Å². The molecule has 0 rings (SSSR count). The molecule has 0 fully saturated rings. The topological polar surface area (TPSA) is 40.5 Å². The minimum atomic E-state index is -0.0706. The van der Waals surface area contributed by atoms with Crippen LogP contribution >= 0.6 is 0 Å². The fourth-order valence-electron chi connectivity index (χ4n) is 1.50. The maximum Gasteiger partial charge on any atom is 0.246 e. The van der Waals surface area contributed by atoms with E-state index < -0.39 is 0 Å². The second-order valence-corrected chi connectivity index (χ2v) is 3.58. The van der Waals surface area contributed by atoms with Gasteiger partial charge in [-0.05, 0) is 33.3 Å². The summed E-state index contributed by atoms with van der Waals surface area (Å²) in [6.07, 6.45) is 4.04. The summed E-state index contributed by atoms with van der Waals surface area (Å²) in [4.78, 5) is 13.4. The molecule has 0 saturated carbocycles. The fourth-order valence-corrected chi connectivity index (χ4v) is 1.50. The monoisotopic (exact) mass is 199 g/mol. The molecular weight excluding hydrogens is 178 g/mol. The summed E-state index contributed by atoms with van der Waals surface area (Å²) >= 11 is 0. The van der Waals surface area contributed by atoms with E-state index in [1.165, 1.54) is 0 Å². The first-order valence-electron chi connectivity index (χ1n) is 5.14. The van der Waals surface area contributed by atoms with E-state index in [1.807, 2.05) is 27.7 Å². The molecule has 0 bridgehead atoms. The Morgan fingerprint density at radius 2 is 2.07 bits per heavy atom. The highest BCUT2D eigenvalue weighted by atomic mass is 16.3. The number of hydrogen-bond acceptors (Lipinski definition) is 2. The third-order valence-electron chi connectivity index (χ3n) is 2.20. The molecule has 0 aliphatic carbocycles. The zero-order valence-electron chi connectivity index (χ0n) is 9.53. The number of nitrogens with zero attached hydrogens (tertiary/aromatic N) is 1. The molecule has 14 heavy (non-hydrogen) atoms. The number of aliphatic hydroxyl groups is 1. The van der Waals surface area contributed by atoms with Crippen LogP contribution in [0.5, 0.6) is 0 Å². The Kier molecular flexibility index (Phi) is 6.21. The van der Waals surface area contributed by atoms with Crippen molar-refractivity contribution in [2.45, 2.75) is 46.2 Å². The highest BCUT2D eigenvalue weighted by molar-refractivity contribution is 5.88. The first kappa shape index (κ1) is 13.2. The van der Waals surface area contributed by atoms with E-state index in [2.05, 4.69) is 0 Å². The highest BCUT2D eigenvalue weighted by Crippen LogP contribution is 2.09. The standard InChI is InChI=1S/C11H21NO2/c1-5-7-11(14)12(9(3)4)10(6-2)8-13/h5,7,9-10,13H,6,8H2,1-4H3/b7-5+. The Morgan fingerprint density at radius 3 is 2.36 bits per heavy atom. The maximum absolute atomic E-state index is 11.7. The molecule has 1 atom stereocenters. The van der Waals surface area contributed by atoms with Crippen LogP contribution in [-0.2, 0) is 4.79 Å². The van der Waals surface area contributed by atoms with Gasteiger partial charge < -0.3 is 10.0 Å². The van der Waals surface area contributed by atoms with Crippen molar-refractivity contribution in [1.29, 1.82) is 0 Å². The smallest absolute Gasteiger partial charge is 0.246 e. The first-order valence-corrected chi connectivity index (χ1v) is 5.14. The van der Waals surface area contributed by atoms with Crippen molar-refractivity contribution in [1.82, 2.24) is 4.90 Å². The average molecular weight is 199 g/mol. The van der Waals surface area contributed by atoms with E-state index in [0.29, 0.717) is 0 Å². The van der Waals surface area contributed by atoms with Gasteiger partial charge in [0.15, 0.2) is 0 Å². The van der Waals surface area contributed by atoms with Gasteiger partial charge in [0.05, 0.1) is 12.6 Å². The van der Waals surface area contributed by atoms with Crippen LogP contribution in [0.3, 0.4) is 0 Å². The number of allylic oxidation sites excluding steroid dienone is 1. The van der Waals surface area contributed by atoms with Gasteiger partial charge in [-0.2, -0.15) is 0 Å². The molecule has 0 aromatic rings. The summed E-state index contributed by atoms with van der Waals surface area (Å²) in [5.41, 5.74) is 0. The van der Waals surface area contributed by atoms with Crippen molar-refractivity contribution in [2.24, 2.45) is 0 Å². The Hall–Kier alpha value is -0.830. The molecule has 3 nitrogen and oxygen atoms in total. The number of amides is 1. The van der Waals surface area contributed by atoms with Gasteiger partial charge >= 0.3 is 0 Å². The molecule has 0 radical (unpaired) electrons. The third-order valence-corrected chi connectivity index (χ3v) is 2.20. The predicted molar refractivity (Wildman–Crippen MR) is 58.0 cm³/mol. The Bertz CT molecular complexity index is 195. The van der Waals surface area contributed by atoms with Crippen LogP contribution in [0, 0.1) is 0 Å². The summed E-state index contributed by atoms with van der Waals surface area (Å²) < 4.78 is 0. The third kappa shape index (κ3) is 3.50. The van der Waals surface area contributed by atoms with Crippen molar-refractivity contribution >= 4 is 5.91 Å². The second-order valence-electron chi connectivity index (χ2n) is 3.58. The molecule has 0 spiro atoms. The molecule has 3 heteroatoms. The Morgan fingerprint density at radius 1 is 1.50 bits per heavy atom. The van der Waals surface area contributed by atoms with Crippen LogP contribution in [0.25, 0.3) is 0 Å². The van der Waals surface area contributed by atoms with Gasteiger partial charge in [0.2, 0.25) is 5.91 Å². The summed E-state index contributed by atoms with van der Waals surface area (Å²) in [6.45, 7) is 7.73. The van der Waals surface area contributed by atoms with Gasteiger partial charge in [0.25, 0.3) is 0 Å². The summed E-state index contributed by atoms with van der Waals surface area (Å²) in [6, 6.07) is 0.0505. The van der Waals surface area contributed by atoms with E-state index in [9.17, 15) is 4.79 Å². The van der Waals surface area contributed by atoms with Gasteiger partial charge in [-0.15, -0.1) is 0 Å². The van der Waals surface area contributed by atoms with Crippen molar-refractivity contribution in [3.63, 3.8) is 0 Å². The van der Waals surface area contributed by atoms with Gasteiger partial charge in [-0.1, -0.05) is 13.0 Å².